The minimum absolute atomic E-state index is 0.0823. The topological polar surface area (TPSA) is 62.2 Å². The molecule has 1 fully saturated rings. The Morgan fingerprint density at radius 1 is 1.10 bits per heavy atom. The summed E-state index contributed by atoms with van der Waals surface area (Å²) < 4.78 is 11.2. The zero-order chi connectivity index (χ0) is 22.2. The number of rotatable bonds is 9. The third kappa shape index (κ3) is 6.32. The maximum absolute atomic E-state index is 11.4. The first-order valence-corrected chi connectivity index (χ1v) is 10.7. The summed E-state index contributed by atoms with van der Waals surface area (Å²) in [6.45, 7) is 7.83. The van der Waals surface area contributed by atoms with Crippen molar-refractivity contribution >= 4 is 17.5 Å². The van der Waals surface area contributed by atoms with Crippen molar-refractivity contribution in [2.75, 3.05) is 51.3 Å². The predicted molar refractivity (Wildman–Crippen MR) is 124 cm³/mol. The Morgan fingerprint density at radius 2 is 1.81 bits per heavy atom. The number of nitrogens with zero attached hydrogens (tertiary/aromatic N) is 2. The Bertz CT molecular complexity index is 887. The van der Waals surface area contributed by atoms with E-state index in [1.165, 1.54) is 0 Å². The molecular weight excluding hydrogens is 392 g/mol. The van der Waals surface area contributed by atoms with Crippen molar-refractivity contribution in [3.05, 3.63) is 59.7 Å². The number of allylic oxidation sites excluding steroid dienone is 1. The highest BCUT2D eigenvalue weighted by Gasteiger charge is 2.20. The van der Waals surface area contributed by atoms with E-state index in [2.05, 4.69) is 9.80 Å². The number of ketones is 1. The maximum atomic E-state index is 11.4. The van der Waals surface area contributed by atoms with Gasteiger partial charge in [-0.1, -0.05) is 18.2 Å². The first kappa shape index (κ1) is 22.8. The Kier molecular flexibility index (Phi) is 8.09. The number of carbonyl (C=O) groups excluding carboxylic acids is 1. The lowest BCUT2D eigenvalue weighted by Gasteiger charge is -2.36. The van der Waals surface area contributed by atoms with Gasteiger partial charge in [-0.05, 0) is 55.8 Å². The van der Waals surface area contributed by atoms with Gasteiger partial charge >= 0.3 is 0 Å². The summed E-state index contributed by atoms with van der Waals surface area (Å²) in [6, 6.07) is 13.5. The summed E-state index contributed by atoms with van der Waals surface area (Å²) in [7, 11) is 1.62. The lowest BCUT2D eigenvalue weighted by Crippen LogP contribution is -2.49. The number of hydrogen-bond acceptors (Lipinski definition) is 6. The molecule has 1 saturated heterocycles. The molecule has 2 aromatic carbocycles. The summed E-state index contributed by atoms with van der Waals surface area (Å²) in [4.78, 5) is 16.0. The van der Waals surface area contributed by atoms with E-state index in [9.17, 15) is 9.90 Å². The van der Waals surface area contributed by atoms with Gasteiger partial charge in [-0.15, -0.1) is 0 Å². The summed E-state index contributed by atoms with van der Waals surface area (Å²) in [6.07, 6.45) is 3.39. The van der Waals surface area contributed by atoms with Crippen LogP contribution in [0, 0.1) is 0 Å². The van der Waals surface area contributed by atoms with Crippen LogP contribution in [0.5, 0.6) is 11.5 Å². The molecule has 6 heteroatoms. The van der Waals surface area contributed by atoms with Gasteiger partial charge in [0.15, 0.2) is 17.3 Å². The Balaban J connectivity index is 1.46. The Labute approximate surface area is 184 Å². The van der Waals surface area contributed by atoms with E-state index in [4.69, 9.17) is 9.47 Å². The normalized spacial score (nSPS) is 15.8. The van der Waals surface area contributed by atoms with E-state index in [-0.39, 0.29) is 12.4 Å². The number of β-amino-alcohol motifs (C(OH)–C–C–N with tert-alkyl or cyclic N) is 1. The molecule has 0 saturated carbocycles. The van der Waals surface area contributed by atoms with Crippen molar-refractivity contribution in [1.82, 2.24) is 4.90 Å². The van der Waals surface area contributed by atoms with Gasteiger partial charge in [0.25, 0.3) is 0 Å². The van der Waals surface area contributed by atoms with E-state index in [1.54, 1.807) is 14.0 Å². The van der Waals surface area contributed by atoms with Crippen molar-refractivity contribution in [2.24, 2.45) is 0 Å². The SMILES string of the molecule is C/C=C/c1ccc(OCC(O)CN2CCN(c3ccc(C(C)=O)cc3)CC2)c(OC)c1. The van der Waals surface area contributed by atoms with Crippen LogP contribution in [0.3, 0.4) is 0 Å². The molecule has 0 spiro atoms. The van der Waals surface area contributed by atoms with Crippen LogP contribution in [-0.4, -0.2) is 68.3 Å². The summed E-state index contributed by atoms with van der Waals surface area (Å²) in [5.74, 6) is 1.37. The van der Waals surface area contributed by atoms with Crippen LogP contribution < -0.4 is 14.4 Å². The molecule has 0 amide bonds. The van der Waals surface area contributed by atoms with Gasteiger partial charge in [0.2, 0.25) is 0 Å². The largest absolute Gasteiger partial charge is 0.493 e. The highest BCUT2D eigenvalue weighted by atomic mass is 16.5. The summed E-state index contributed by atoms with van der Waals surface area (Å²) in [5, 5.41) is 10.5. The second-order valence-corrected chi connectivity index (χ2v) is 7.77. The number of hydrogen-bond donors (Lipinski definition) is 1. The van der Waals surface area contributed by atoms with Gasteiger partial charge in [0.1, 0.15) is 12.7 Å². The molecule has 6 nitrogen and oxygen atoms in total. The standard InChI is InChI=1S/C25H32N2O4/c1-4-5-20-6-11-24(25(16-20)30-3)31-18-23(29)17-26-12-14-27(15-13-26)22-9-7-21(8-10-22)19(2)28/h4-11,16,23,29H,12-15,17-18H2,1-3H3/b5-4+. The van der Waals surface area contributed by atoms with Gasteiger partial charge in [0, 0.05) is 44.0 Å². The van der Waals surface area contributed by atoms with E-state index in [0.29, 0.717) is 18.0 Å². The monoisotopic (exact) mass is 424 g/mol. The lowest BCUT2D eigenvalue weighted by molar-refractivity contribution is 0.0653. The average molecular weight is 425 g/mol. The molecule has 1 N–H and O–H groups in total. The molecular formula is C25H32N2O4. The number of piperazine rings is 1. The number of anilines is 1. The number of ether oxygens (including phenoxy) is 2. The number of methoxy groups -OCH3 is 1. The van der Waals surface area contributed by atoms with Crippen molar-refractivity contribution in [3.63, 3.8) is 0 Å². The number of Topliss-reactive ketones (excluding diaryl/α,β-unsaturated/α-hetero) is 1. The zero-order valence-electron chi connectivity index (χ0n) is 18.6. The van der Waals surface area contributed by atoms with Gasteiger partial charge < -0.3 is 19.5 Å². The van der Waals surface area contributed by atoms with Crippen molar-refractivity contribution < 1.29 is 19.4 Å². The van der Waals surface area contributed by atoms with Crippen molar-refractivity contribution in [1.29, 1.82) is 0 Å². The number of benzene rings is 2. The molecule has 31 heavy (non-hydrogen) atoms. The minimum Gasteiger partial charge on any atom is -0.493 e. The number of aliphatic hydroxyl groups is 1. The van der Waals surface area contributed by atoms with Gasteiger partial charge in [-0.2, -0.15) is 0 Å². The third-order valence-corrected chi connectivity index (χ3v) is 5.46. The number of carbonyl (C=O) groups is 1. The molecule has 0 bridgehead atoms. The van der Waals surface area contributed by atoms with E-state index in [0.717, 1.165) is 43.0 Å². The van der Waals surface area contributed by atoms with E-state index >= 15 is 0 Å². The van der Waals surface area contributed by atoms with Gasteiger partial charge in [0.05, 0.1) is 7.11 Å². The zero-order valence-corrected chi connectivity index (χ0v) is 18.6. The van der Waals surface area contributed by atoms with Crippen LogP contribution in [0.1, 0.15) is 29.8 Å². The van der Waals surface area contributed by atoms with E-state index in [1.807, 2.05) is 61.5 Å². The molecule has 1 heterocycles. The van der Waals surface area contributed by atoms with Crippen LogP contribution >= 0.6 is 0 Å². The fourth-order valence-electron chi connectivity index (χ4n) is 3.73. The molecule has 1 aliphatic rings. The molecule has 1 aliphatic heterocycles. The summed E-state index contributed by atoms with van der Waals surface area (Å²) >= 11 is 0. The highest BCUT2D eigenvalue weighted by Crippen LogP contribution is 2.28. The van der Waals surface area contributed by atoms with Crippen LogP contribution in [0.25, 0.3) is 6.08 Å². The average Bonchev–Trinajstić information content (AvgIpc) is 2.79. The first-order valence-electron chi connectivity index (χ1n) is 10.7. The molecule has 1 unspecified atom stereocenters. The molecule has 2 aromatic rings. The molecule has 3 rings (SSSR count). The Hall–Kier alpha value is -2.83. The van der Waals surface area contributed by atoms with Gasteiger partial charge in [-0.3, -0.25) is 9.69 Å². The predicted octanol–water partition coefficient (Wildman–Crippen LogP) is 3.49. The fourth-order valence-corrected chi connectivity index (χ4v) is 3.73. The molecule has 0 aliphatic carbocycles. The van der Waals surface area contributed by atoms with Crippen molar-refractivity contribution in [3.8, 4) is 11.5 Å². The quantitative estimate of drug-likeness (QED) is 0.622. The summed E-state index contributed by atoms with van der Waals surface area (Å²) in [5.41, 5.74) is 2.90. The third-order valence-electron chi connectivity index (χ3n) is 5.46. The molecule has 166 valence electrons. The van der Waals surface area contributed by atoms with Crippen molar-refractivity contribution in [2.45, 2.75) is 20.0 Å². The molecule has 0 aromatic heterocycles. The van der Waals surface area contributed by atoms with Crippen LogP contribution in [-0.2, 0) is 0 Å². The minimum atomic E-state index is -0.582. The fraction of sp³-hybridized carbons (Fsp3) is 0.400. The maximum Gasteiger partial charge on any atom is 0.161 e. The smallest absolute Gasteiger partial charge is 0.161 e. The van der Waals surface area contributed by atoms with Gasteiger partial charge in [-0.25, -0.2) is 0 Å². The van der Waals surface area contributed by atoms with Crippen LogP contribution in [0.4, 0.5) is 5.69 Å². The second kappa shape index (κ2) is 11.0. The second-order valence-electron chi connectivity index (χ2n) is 7.77. The van der Waals surface area contributed by atoms with E-state index < -0.39 is 6.10 Å². The van der Waals surface area contributed by atoms with Crippen LogP contribution in [0.15, 0.2) is 48.5 Å². The Morgan fingerprint density at radius 3 is 2.42 bits per heavy atom. The highest BCUT2D eigenvalue weighted by molar-refractivity contribution is 5.94. The molecule has 0 radical (unpaired) electrons. The first-order chi connectivity index (χ1) is 15.0. The number of aliphatic hydroxyl groups excluding tert-OH is 1. The molecule has 1 atom stereocenters. The lowest BCUT2D eigenvalue weighted by atomic mass is 10.1. The van der Waals surface area contributed by atoms with Crippen LogP contribution in [0.2, 0.25) is 0 Å².